The van der Waals surface area contributed by atoms with Crippen LogP contribution >= 0.6 is 11.3 Å². The van der Waals surface area contributed by atoms with Crippen LogP contribution in [-0.2, 0) is 16.0 Å². The molecule has 1 aromatic heterocycles. The van der Waals surface area contributed by atoms with E-state index in [9.17, 15) is 14.4 Å². The van der Waals surface area contributed by atoms with Gasteiger partial charge in [0.1, 0.15) is 4.88 Å². The van der Waals surface area contributed by atoms with Gasteiger partial charge in [0.15, 0.2) is 6.61 Å². The van der Waals surface area contributed by atoms with Crippen LogP contribution in [0.5, 0.6) is 0 Å². The molecule has 20 heavy (non-hydrogen) atoms. The molecule has 0 atom stereocenters. The zero-order valence-corrected chi connectivity index (χ0v) is 12.6. The third kappa shape index (κ3) is 4.65. The first-order valence-corrected chi connectivity index (χ1v) is 7.13. The molecule has 110 valence electrons. The summed E-state index contributed by atoms with van der Waals surface area (Å²) < 4.78 is 4.86. The average molecular weight is 298 g/mol. The van der Waals surface area contributed by atoms with Crippen LogP contribution in [0.4, 0.5) is 4.79 Å². The third-order valence-electron chi connectivity index (χ3n) is 2.47. The second kappa shape index (κ2) is 7.64. The van der Waals surface area contributed by atoms with E-state index in [4.69, 9.17) is 4.74 Å². The number of carbonyl (C=O) groups excluding carboxylic acids is 3. The summed E-state index contributed by atoms with van der Waals surface area (Å²) in [6, 6.07) is 1.14. The molecule has 0 unspecified atom stereocenters. The van der Waals surface area contributed by atoms with Crippen molar-refractivity contribution in [3.63, 3.8) is 0 Å². The van der Waals surface area contributed by atoms with E-state index in [1.165, 1.54) is 11.3 Å². The molecular weight excluding hydrogens is 280 g/mol. The lowest BCUT2D eigenvalue weighted by Crippen LogP contribution is -2.41. The molecule has 0 saturated heterocycles. The minimum atomic E-state index is -0.659. The topological polar surface area (TPSA) is 84.5 Å². The molecule has 0 fully saturated rings. The summed E-state index contributed by atoms with van der Waals surface area (Å²) in [6.07, 6.45) is 0.849. The molecule has 0 aliphatic heterocycles. The molecule has 0 aromatic carbocycles. The van der Waals surface area contributed by atoms with Gasteiger partial charge >= 0.3 is 12.0 Å². The molecule has 1 rings (SSSR count). The number of esters is 1. The van der Waals surface area contributed by atoms with Gasteiger partial charge in [-0.3, -0.25) is 10.1 Å². The van der Waals surface area contributed by atoms with E-state index in [2.05, 4.69) is 10.6 Å². The van der Waals surface area contributed by atoms with Gasteiger partial charge in [-0.15, -0.1) is 11.3 Å². The summed E-state index contributed by atoms with van der Waals surface area (Å²) in [5.74, 6) is -1.21. The Hall–Kier alpha value is -1.89. The Bertz CT molecular complexity index is 510. The van der Waals surface area contributed by atoms with Crippen LogP contribution in [0.3, 0.4) is 0 Å². The van der Waals surface area contributed by atoms with E-state index in [1.807, 2.05) is 13.8 Å². The fourth-order valence-electron chi connectivity index (χ4n) is 1.54. The maximum Gasteiger partial charge on any atom is 0.348 e. The summed E-state index contributed by atoms with van der Waals surface area (Å²) >= 11 is 1.36. The maximum absolute atomic E-state index is 11.7. The van der Waals surface area contributed by atoms with Crippen molar-refractivity contribution in [3.8, 4) is 0 Å². The van der Waals surface area contributed by atoms with Crippen molar-refractivity contribution < 1.29 is 19.1 Å². The molecule has 0 spiro atoms. The van der Waals surface area contributed by atoms with Gasteiger partial charge in [0.25, 0.3) is 5.91 Å². The molecule has 0 bridgehead atoms. The number of hydrogen-bond donors (Lipinski definition) is 2. The number of carbonyl (C=O) groups is 3. The van der Waals surface area contributed by atoms with Gasteiger partial charge in [-0.1, -0.05) is 6.92 Å². The largest absolute Gasteiger partial charge is 0.451 e. The summed E-state index contributed by atoms with van der Waals surface area (Å²) in [4.78, 5) is 35.7. The fraction of sp³-hybridized carbons (Fsp3) is 0.462. The van der Waals surface area contributed by atoms with Crippen LogP contribution in [0.1, 0.15) is 34.0 Å². The summed E-state index contributed by atoms with van der Waals surface area (Å²) in [5.41, 5.74) is 1.04. The number of nitrogens with one attached hydrogen (secondary N) is 2. The van der Waals surface area contributed by atoms with Crippen molar-refractivity contribution in [1.29, 1.82) is 0 Å². The number of rotatable bonds is 5. The van der Waals surface area contributed by atoms with Gasteiger partial charge in [0, 0.05) is 11.4 Å². The predicted molar refractivity (Wildman–Crippen MR) is 75.9 cm³/mol. The predicted octanol–water partition coefficient (Wildman–Crippen LogP) is 1.62. The van der Waals surface area contributed by atoms with Gasteiger partial charge in [-0.05, 0) is 31.9 Å². The van der Waals surface area contributed by atoms with Gasteiger partial charge in [0.2, 0.25) is 0 Å². The third-order valence-corrected chi connectivity index (χ3v) is 3.83. The van der Waals surface area contributed by atoms with Crippen molar-refractivity contribution in [3.05, 3.63) is 21.4 Å². The van der Waals surface area contributed by atoms with Gasteiger partial charge in [-0.25, -0.2) is 9.59 Å². The quantitative estimate of drug-likeness (QED) is 0.809. The molecule has 0 aliphatic carbocycles. The lowest BCUT2D eigenvalue weighted by atomic mass is 10.2. The van der Waals surface area contributed by atoms with Crippen LogP contribution in [-0.4, -0.2) is 31.1 Å². The highest BCUT2D eigenvalue weighted by molar-refractivity contribution is 7.14. The number of urea groups is 1. The number of imide groups is 1. The molecular formula is C13H18N2O4S. The average Bonchev–Trinajstić information content (AvgIpc) is 2.77. The zero-order valence-electron chi connectivity index (χ0n) is 11.7. The number of aryl methyl sites for hydroxylation is 2. The second-order valence-electron chi connectivity index (χ2n) is 4.05. The van der Waals surface area contributed by atoms with Crippen LogP contribution in [0, 0.1) is 6.92 Å². The molecule has 0 radical (unpaired) electrons. The molecule has 0 aliphatic rings. The maximum atomic E-state index is 11.7. The Morgan fingerprint density at radius 3 is 2.55 bits per heavy atom. The molecule has 3 amide bonds. The highest BCUT2D eigenvalue weighted by atomic mass is 32.1. The number of thiophene rings is 1. The molecule has 6 nitrogen and oxygen atoms in total. The Balaban J connectivity index is 2.46. The number of hydrogen-bond acceptors (Lipinski definition) is 5. The molecule has 1 aromatic rings. The van der Waals surface area contributed by atoms with E-state index in [0.29, 0.717) is 11.4 Å². The molecule has 2 N–H and O–H groups in total. The normalized spacial score (nSPS) is 9.95. The van der Waals surface area contributed by atoms with E-state index in [0.717, 1.165) is 16.9 Å². The first-order chi connectivity index (χ1) is 9.47. The van der Waals surface area contributed by atoms with Crippen molar-refractivity contribution >= 4 is 29.2 Å². The first-order valence-electron chi connectivity index (χ1n) is 6.32. The Morgan fingerprint density at radius 1 is 1.30 bits per heavy atom. The molecule has 1 heterocycles. The Labute approximate surface area is 121 Å². The lowest BCUT2D eigenvalue weighted by Gasteiger charge is -2.05. The van der Waals surface area contributed by atoms with E-state index >= 15 is 0 Å². The first kappa shape index (κ1) is 16.2. The van der Waals surface area contributed by atoms with Gasteiger partial charge in [-0.2, -0.15) is 0 Å². The lowest BCUT2D eigenvalue weighted by molar-refractivity contribution is -0.123. The molecule has 0 saturated carbocycles. The monoisotopic (exact) mass is 298 g/mol. The summed E-state index contributed by atoms with van der Waals surface area (Å²) in [7, 11) is 0. The Kier molecular flexibility index (Phi) is 6.17. The van der Waals surface area contributed by atoms with Crippen molar-refractivity contribution in [2.24, 2.45) is 0 Å². The molecule has 7 heteroatoms. The van der Waals surface area contributed by atoms with Crippen LogP contribution in [0.15, 0.2) is 6.07 Å². The zero-order chi connectivity index (χ0) is 15.1. The number of amides is 3. The van der Waals surface area contributed by atoms with Gasteiger partial charge < -0.3 is 10.1 Å². The van der Waals surface area contributed by atoms with Crippen molar-refractivity contribution in [1.82, 2.24) is 10.6 Å². The second-order valence-corrected chi connectivity index (χ2v) is 5.19. The van der Waals surface area contributed by atoms with Crippen molar-refractivity contribution in [2.75, 3.05) is 13.2 Å². The van der Waals surface area contributed by atoms with Gasteiger partial charge in [0.05, 0.1) is 0 Å². The Morgan fingerprint density at radius 2 is 2.00 bits per heavy atom. The highest BCUT2D eigenvalue weighted by Gasteiger charge is 2.15. The van der Waals surface area contributed by atoms with E-state index in [-0.39, 0.29) is 0 Å². The summed E-state index contributed by atoms with van der Waals surface area (Å²) in [5, 5.41) is 4.46. The van der Waals surface area contributed by atoms with E-state index in [1.54, 1.807) is 13.0 Å². The standard InChI is InChI=1S/C13H18N2O4S/c1-4-9-8(3)6-10(20-9)12(17)19-7-11(16)15-13(18)14-5-2/h6H,4-5,7H2,1-3H3,(H2,14,15,16,18). The van der Waals surface area contributed by atoms with Crippen molar-refractivity contribution in [2.45, 2.75) is 27.2 Å². The van der Waals surface area contributed by atoms with Crippen LogP contribution in [0.2, 0.25) is 0 Å². The van der Waals surface area contributed by atoms with Crippen LogP contribution < -0.4 is 10.6 Å². The number of ether oxygens (including phenoxy) is 1. The SMILES string of the molecule is CCNC(=O)NC(=O)COC(=O)c1cc(C)c(CC)s1. The highest BCUT2D eigenvalue weighted by Crippen LogP contribution is 2.22. The minimum absolute atomic E-state index is 0.410. The van der Waals surface area contributed by atoms with Crippen LogP contribution in [0.25, 0.3) is 0 Å². The summed E-state index contributed by atoms with van der Waals surface area (Å²) in [6.45, 7) is 5.59. The van der Waals surface area contributed by atoms with E-state index < -0.39 is 24.5 Å². The smallest absolute Gasteiger partial charge is 0.348 e. The minimum Gasteiger partial charge on any atom is -0.451 e. The fourth-order valence-corrected chi connectivity index (χ4v) is 2.55.